The van der Waals surface area contributed by atoms with E-state index in [0.29, 0.717) is 41.6 Å². The zero-order valence-corrected chi connectivity index (χ0v) is 20.6. The molecule has 0 amide bonds. The van der Waals surface area contributed by atoms with E-state index in [0.717, 1.165) is 35.2 Å². The molecule has 0 saturated carbocycles. The number of aromatic nitrogens is 4. The molecular formula is C28H28FN5O3. The minimum atomic E-state index is -0.387. The summed E-state index contributed by atoms with van der Waals surface area (Å²) in [5.74, 6) is -0.257. The van der Waals surface area contributed by atoms with Crippen LogP contribution in [0.25, 0.3) is 28.2 Å². The molecule has 37 heavy (non-hydrogen) atoms. The molecule has 190 valence electrons. The number of aliphatic hydroxyl groups excluding tert-OH is 1. The van der Waals surface area contributed by atoms with Gasteiger partial charge in [0.25, 0.3) is 0 Å². The number of benzene rings is 2. The van der Waals surface area contributed by atoms with Crippen LogP contribution in [-0.4, -0.2) is 64.8 Å². The first-order chi connectivity index (χ1) is 18.1. The van der Waals surface area contributed by atoms with Crippen LogP contribution in [0.15, 0.2) is 55.4 Å². The second-order valence-corrected chi connectivity index (χ2v) is 8.78. The number of ether oxygens (including phenoxy) is 2. The third-order valence-electron chi connectivity index (χ3n) is 6.56. The van der Waals surface area contributed by atoms with Gasteiger partial charge in [0.1, 0.15) is 18.8 Å². The van der Waals surface area contributed by atoms with Gasteiger partial charge >= 0.3 is 0 Å². The second kappa shape index (κ2) is 11.0. The van der Waals surface area contributed by atoms with Gasteiger partial charge in [-0.3, -0.25) is 0 Å². The summed E-state index contributed by atoms with van der Waals surface area (Å²) < 4.78 is 26.2. The zero-order chi connectivity index (χ0) is 25.8. The van der Waals surface area contributed by atoms with Crippen molar-refractivity contribution in [1.82, 2.24) is 20.2 Å². The van der Waals surface area contributed by atoms with Gasteiger partial charge in [0, 0.05) is 41.7 Å². The lowest BCUT2D eigenvalue weighted by Gasteiger charge is -2.29. The Bertz CT molecular complexity index is 1410. The molecule has 1 aliphatic heterocycles. The predicted molar refractivity (Wildman–Crippen MR) is 140 cm³/mol. The van der Waals surface area contributed by atoms with Crippen molar-refractivity contribution in [3.63, 3.8) is 0 Å². The Kier molecular flexibility index (Phi) is 7.34. The van der Waals surface area contributed by atoms with Crippen molar-refractivity contribution in [3.05, 3.63) is 78.0 Å². The highest BCUT2D eigenvalue weighted by Gasteiger charge is 2.20. The lowest BCUT2D eigenvalue weighted by atomic mass is 9.89. The van der Waals surface area contributed by atoms with E-state index >= 15 is 4.39 Å². The summed E-state index contributed by atoms with van der Waals surface area (Å²) in [7, 11) is 0. The zero-order valence-electron chi connectivity index (χ0n) is 20.6. The number of rotatable bonds is 8. The molecule has 0 bridgehead atoms. The van der Waals surface area contributed by atoms with Crippen molar-refractivity contribution in [3.8, 4) is 17.1 Å². The highest BCUT2D eigenvalue weighted by molar-refractivity contribution is 5.94. The summed E-state index contributed by atoms with van der Waals surface area (Å²) in [4.78, 5) is 11.2. The van der Waals surface area contributed by atoms with Crippen molar-refractivity contribution in [1.29, 1.82) is 0 Å². The summed E-state index contributed by atoms with van der Waals surface area (Å²) in [6.45, 7) is 8.92. The van der Waals surface area contributed by atoms with Gasteiger partial charge in [0.05, 0.1) is 36.7 Å². The smallest absolute Gasteiger partial charge is 0.233 e. The van der Waals surface area contributed by atoms with Gasteiger partial charge in [-0.25, -0.2) is 14.4 Å². The number of aliphatic hydroxyl groups is 1. The Balaban J connectivity index is 1.53. The van der Waals surface area contributed by atoms with Gasteiger partial charge in [0.15, 0.2) is 0 Å². The molecule has 0 aliphatic carbocycles. The fourth-order valence-corrected chi connectivity index (χ4v) is 4.56. The van der Waals surface area contributed by atoms with E-state index in [1.165, 1.54) is 12.4 Å². The van der Waals surface area contributed by atoms with E-state index in [4.69, 9.17) is 14.6 Å². The number of halogens is 1. The summed E-state index contributed by atoms with van der Waals surface area (Å²) in [6.07, 6.45) is 3.11. The van der Waals surface area contributed by atoms with Crippen LogP contribution >= 0.6 is 0 Å². The molecule has 2 aromatic carbocycles. The fourth-order valence-electron chi connectivity index (χ4n) is 4.56. The maximum absolute atomic E-state index is 15.4. The van der Waals surface area contributed by atoms with Crippen LogP contribution < -0.4 is 9.64 Å². The van der Waals surface area contributed by atoms with Gasteiger partial charge in [0.2, 0.25) is 5.88 Å². The summed E-state index contributed by atoms with van der Waals surface area (Å²) in [5.41, 5.74) is 4.93. The minimum absolute atomic E-state index is 0.104. The van der Waals surface area contributed by atoms with Crippen molar-refractivity contribution >= 4 is 22.7 Å². The lowest BCUT2D eigenvalue weighted by Crippen LogP contribution is -2.36. The Morgan fingerprint density at radius 1 is 1.14 bits per heavy atom. The second-order valence-electron chi connectivity index (χ2n) is 8.78. The van der Waals surface area contributed by atoms with E-state index in [-0.39, 0.29) is 24.9 Å². The third kappa shape index (κ3) is 5.14. The lowest BCUT2D eigenvalue weighted by molar-refractivity contribution is 0.122. The van der Waals surface area contributed by atoms with E-state index in [2.05, 4.69) is 31.6 Å². The Morgan fingerprint density at radius 3 is 2.70 bits per heavy atom. The Hall–Kier alpha value is -3.95. The average molecular weight is 502 g/mol. The van der Waals surface area contributed by atoms with Crippen LogP contribution in [0, 0.1) is 5.82 Å². The molecule has 8 nitrogen and oxygen atoms in total. The number of hydrogen-bond acceptors (Lipinski definition) is 8. The molecule has 9 heteroatoms. The van der Waals surface area contributed by atoms with Crippen molar-refractivity contribution in [2.24, 2.45) is 0 Å². The van der Waals surface area contributed by atoms with E-state index < -0.39 is 0 Å². The molecule has 1 aliphatic rings. The third-order valence-corrected chi connectivity index (χ3v) is 6.56. The molecule has 0 spiro atoms. The van der Waals surface area contributed by atoms with Crippen molar-refractivity contribution in [2.45, 2.75) is 12.8 Å². The maximum Gasteiger partial charge on any atom is 0.233 e. The first-order valence-corrected chi connectivity index (χ1v) is 12.2. The van der Waals surface area contributed by atoms with Crippen LogP contribution in [-0.2, 0) is 4.74 Å². The molecule has 5 rings (SSSR count). The van der Waals surface area contributed by atoms with Gasteiger partial charge < -0.3 is 19.5 Å². The molecule has 2 aromatic heterocycles. The first-order valence-electron chi connectivity index (χ1n) is 12.2. The Morgan fingerprint density at radius 2 is 1.97 bits per heavy atom. The molecule has 0 radical (unpaired) electrons. The van der Waals surface area contributed by atoms with Crippen LogP contribution in [0.4, 0.5) is 10.1 Å². The summed E-state index contributed by atoms with van der Waals surface area (Å²) in [5, 5.41) is 18.1. The van der Waals surface area contributed by atoms with E-state index in [9.17, 15) is 0 Å². The van der Waals surface area contributed by atoms with Crippen molar-refractivity contribution < 1.29 is 19.0 Å². The van der Waals surface area contributed by atoms with Crippen LogP contribution in [0.1, 0.15) is 29.7 Å². The topological polar surface area (TPSA) is 93.5 Å². The largest absolute Gasteiger partial charge is 0.474 e. The highest BCUT2D eigenvalue weighted by Crippen LogP contribution is 2.35. The fraction of sp³-hybridized carbons (Fsp3) is 0.286. The Labute approximate surface area is 214 Å². The molecule has 4 aromatic rings. The summed E-state index contributed by atoms with van der Waals surface area (Å²) in [6, 6.07) is 12.8. The molecule has 1 unspecified atom stereocenters. The normalized spacial score (nSPS) is 14.5. The van der Waals surface area contributed by atoms with Gasteiger partial charge in [-0.1, -0.05) is 19.6 Å². The van der Waals surface area contributed by atoms with Crippen molar-refractivity contribution in [2.75, 3.05) is 44.4 Å². The number of anilines is 1. The molecule has 1 fully saturated rings. The standard InChI is InChI=1S/C28H28FN5O3/c1-3-19-14-24(29)23(16-22(19)18(2)25-6-7-27(33-32-25)37-13-10-35)28-21-5-4-20(15-26(21)30-17-31-28)34-8-11-36-12-9-34/h3-7,14-18,35H,1,8-13H2,2H3. The van der Waals surface area contributed by atoms with E-state index in [1.807, 2.05) is 37.3 Å². The molecule has 3 heterocycles. The monoisotopic (exact) mass is 501 g/mol. The SMILES string of the molecule is C=Cc1cc(F)c(-c2ncnc3cc(N4CCOCC4)ccc23)cc1C(C)c1ccc(OCCO)nn1. The van der Waals surface area contributed by atoms with Gasteiger partial charge in [-0.15, -0.1) is 5.10 Å². The first kappa shape index (κ1) is 24.7. The number of morpholine rings is 1. The molecular weight excluding hydrogens is 473 g/mol. The van der Waals surface area contributed by atoms with Gasteiger partial charge in [-0.05, 0) is 47.5 Å². The maximum atomic E-state index is 15.4. The van der Waals surface area contributed by atoms with Crippen LogP contribution in [0.2, 0.25) is 0 Å². The number of hydrogen-bond donors (Lipinski definition) is 1. The molecule has 1 saturated heterocycles. The van der Waals surface area contributed by atoms with Crippen LogP contribution in [0.3, 0.4) is 0 Å². The van der Waals surface area contributed by atoms with Crippen LogP contribution in [0.5, 0.6) is 5.88 Å². The van der Waals surface area contributed by atoms with Gasteiger partial charge in [-0.2, -0.15) is 5.10 Å². The highest BCUT2D eigenvalue weighted by atomic mass is 19.1. The number of nitrogens with zero attached hydrogens (tertiary/aromatic N) is 5. The molecule has 1 atom stereocenters. The number of fused-ring (bicyclic) bond motifs is 1. The average Bonchev–Trinajstić information content (AvgIpc) is 2.95. The molecule has 1 N–H and O–H groups in total. The minimum Gasteiger partial charge on any atom is -0.474 e. The van der Waals surface area contributed by atoms with E-state index in [1.54, 1.807) is 12.1 Å². The quantitative estimate of drug-likeness (QED) is 0.384. The summed E-state index contributed by atoms with van der Waals surface area (Å²) >= 11 is 0. The predicted octanol–water partition coefficient (Wildman–Crippen LogP) is 4.23.